The Morgan fingerprint density at radius 1 is 0.794 bits per heavy atom. The van der Waals surface area contributed by atoms with Gasteiger partial charge in [0.15, 0.2) is 0 Å². The van der Waals surface area contributed by atoms with Crippen LogP contribution in [0.4, 0.5) is 4.79 Å². The zero-order valence-electron chi connectivity index (χ0n) is 19.9. The molecule has 3 aromatic rings. The number of carbonyl (C=O) groups excluding carboxylic acids is 1. The van der Waals surface area contributed by atoms with Crippen LogP contribution in [0.25, 0.3) is 11.1 Å². The Bertz CT molecular complexity index is 1070. The van der Waals surface area contributed by atoms with Crippen molar-refractivity contribution >= 4 is 17.2 Å². The molecule has 4 nitrogen and oxygen atoms in total. The Kier molecular flexibility index (Phi) is 8.39. The molecule has 0 atom stereocenters. The summed E-state index contributed by atoms with van der Waals surface area (Å²) in [7, 11) is 1.68. The van der Waals surface area contributed by atoms with Crippen molar-refractivity contribution in [3.05, 3.63) is 102 Å². The lowest BCUT2D eigenvalue weighted by molar-refractivity contribution is 0.233. The van der Waals surface area contributed by atoms with Gasteiger partial charge in [0.25, 0.3) is 0 Å². The molecule has 0 unspecified atom stereocenters. The first-order chi connectivity index (χ1) is 16.7. The normalized spacial score (nSPS) is 14.7. The molecule has 2 N–H and O–H groups in total. The molecule has 0 spiro atoms. The second kappa shape index (κ2) is 12.1. The number of rotatable bonds is 8. The molecule has 1 aliphatic carbocycles. The highest BCUT2D eigenvalue weighted by molar-refractivity contribution is 5.98. The molecule has 0 aromatic heterocycles. The molecule has 1 aliphatic rings. The van der Waals surface area contributed by atoms with Gasteiger partial charge in [-0.2, -0.15) is 0 Å². The van der Waals surface area contributed by atoms with Crippen molar-refractivity contribution in [2.24, 2.45) is 0 Å². The molecule has 4 rings (SSSR count). The lowest BCUT2D eigenvalue weighted by Crippen LogP contribution is -2.43. The maximum atomic E-state index is 12.6. The van der Waals surface area contributed by atoms with Gasteiger partial charge < -0.3 is 15.4 Å². The first-order valence-corrected chi connectivity index (χ1v) is 12.3. The van der Waals surface area contributed by atoms with Gasteiger partial charge in [-0.3, -0.25) is 0 Å². The molecule has 0 saturated heterocycles. The first-order valence-electron chi connectivity index (χ1n) is 12.3. The van der Waals surface area contributed by atoms with Gasteiger partial charge in [-0.1, -0.05) is 92.1 Å². The van der Waals surface area contributed by atoms with Crippen LogP contribution in [-0.4, -0.2) is 25.7 Å². The van der Waals surface area contributed by atoms with Crippen molar-refractivity contribution in [1.82, 2.24) is 10.6 Å². The molecular weight excluding hydrogens is 420 g/mol. The first kappa shape index (κ1) is 23.6. The Morgan fingerprint density at radius 3 is 2.00 bits per heavy atom. The lowest BCUT2D eigenvalue weighted by Gasteiger charge is -2.23. The minimum atomic E-state index is -0.0648. The van der Waals surface area contributed by atoms with E-state index in [4.69, 9.17) is 4.74 Å². The van der Waals surface area contributed by atoms with Crippen LogP contribution in [0, 0.1) is 0 Å². The van der Waals surface area contributed by atoms with Gasteiger partial charge in [0.1, 0.15) is 5.75 Å². The van der Waals surface area contributed by atoms with Gasteiger partial charge in [-0.15, -0.1) is 0 Å². The summed E-state index contributed by atoms with van der Waals surface area (Å²) in [4.78, 5) is 12.6. The van der Waals surface area contributed by atoms with E-state index in [0.29, 0.717) is 12.6 Å². The van der Waals surface area contributed by atoms with E-state index >= 15 is 0 Å². The van der Waals surface area contributed by atoms with E-state index in [2.05, 4.69) is 71.3 Å². The van der Waals surface area contributed by atoms with Gasteiger partial charge in [0.2, 0.25) is 0 Å². The van der Waals surface area contributed by atoms with Crippen molar-refractivity contribution in [2.75, 3.05) is 13.7 Å². The smallest absolute Gasteiger partial charge is 0.315 e. The van der Waals surface area contributed by atoms with Gasteiger partial charge in [-0.05, 0) is 59.2 Å². The summed E-state index contributed by atoms with van der Waals surface area (Å²) in [5.41, 5.74) is 5.81. The van der Waals surface area contributed by atoms with E-state index in [1.54, 1.807) is 7.11 Å². The number of urea groups is 1. The van der Waals surface area contributed by atoms with Crippen molar-refractivity contribution < 1.29 is 9.53 Å². The summed E-state index contributed by atoms with van der Waals surface area (Å²) in [6, 6.07) is 29.3. The van der Waals surface area contributed by atoms with E-state index in [-0.39, 0.29) is 6.03 Å². The summed E-state index contributed by atoms with van der Waals surface area (Å²) in [6.45, 7) is 0.565. The summed E-state index contributed by atoms with van der Waals surface area (Å²) < 4.78 is 5.38. The monoisotopic (exact) mass is 454 g/mol. The number of benzene rings is 3. The van der Waals surface area contributed by atoms with Crippen molar-refractivity contribution in [3.8, 4) is 5.75 Å². The van der Waals surface area contributed by atoms with Gasteiger partial charge in [0.05, 0.1) is 7.11 Å². The maximum Gasteiger partial charge on any atom is 0.315 e. The fourth-order valence-electron chi connectivity index (χ4n) is 4.72. The third-order valence-corrected chi connectivity index (χ3v) is 6.47. The topological polar surface area (TPSA) is 50.4 Å². The quantitative estimate of drug-likeness (QED) is 0.373. The van der Waals surface area contributed by atoms with Crippen LogP contribution < -0.4 is 15.4 Å². The number of amides is 2. The molecule has 0 radical (unpaired) electrons. The highest BCUT2D eigenvalue weighted by Gasteiger charge is 2.17. The summed E-state index contributed by atoms with van der Waals surface area (Å²) in [6.07, 6.45) is 6.57. The molecule has 1 saturated carbocycles. The molecule has 34 heavy (non-hydrogen) atoms. The van der Waals surface area contributed by atoms with Gasteiger partial charge >= 0.3 is 6.03 Å². The summed E-state index contributed by atoms with van der Waals surface area (Å²) in [5.74, 6) is 0.832. The van der Waals surface area contributed by atoms with Crippen LogP contribution >= 0.6 is 0 Å². The molecule has 4 heteroatoms. The number of hydrogen-bond acceptors (Lipinski definition) is 2. The van der Waals surface area contributed by atoms with Crippen LogP contribution in [0.3, 0.4) is 0 Å². The van der Waals surface area contributed by atoms with E-state index < -0.39 is 0 Å². The predicted octanol–water partition coefficient (Wildman–Crippen LogP) is 6.68. The molecular formula is C30H34N2O2. The Morgan fingerprint density at radius 2 is 1.38 bits per heavy atom. The van der Waals surface area contributed by atoms with E-state index in [1.807, 2.05) is 24.3 Å². The van der Waals surface area contributed by atoms with E-state index in [9.17, 15) is 4.79 Å². The van der Waals surface area contributed by atoms with Crippen molar-refractivity contribution in [3.63, 3.8) is 0 Å². The van der Waals surface area contributed by atoms with Gasteiger partial charge in [-0.25, -0.2) is 4.79 Å². The van der Waals surface area contributed by atoms with E-state index in [1.165, 1.54) is 30.4 Å². The molecule has 176 valence electrons. The minimum absolute atomic E-state index is 0.0648. The average molecular weight is 455 g/mol. The zero-order valence-corrected chi connectivity index (χ0v) is 19.9. The van der Waals surface area contributed by atoms with Crippen LogP contribution in [0.2, 0.25) is 0 Å². The summed E-state index contributed by atoms with van der Waals surface area (Å²) >= 11 is 0. The third kappa shape index (κ3) is 6.28. The fourth-order valence-corrected chi connectivity index (χ4v) is 4.72. The van der Waals surface area contributed by atoms with Crippen molar-refractivity contribution in [1.29, 1.82) is 0 Å². The Balaban J connectivity index is 1.63. The average Bonchev–Trinajstić information content (AvgIpc) is 2.90. The third-order valence-electron chi connectivity index (χ3n) is 6.47. The fraction of sp³-hybridized carbons (Fsp3) is 0.300. The Labute approximate surface area is 203 Å². The van der Waals surface area contributed by atoms with Crippen LogP contribution in [0.15, 0.2) is 84.9 Å². The van der Waals surface area contributed by atoms with Crippen LogP contribution in [0.1, 0.15) is 55.2 Å². The molecule has 0 heterocycles. The van der Waals surface area contributed by atoms with Crippen LogP contribution in [0.5, 0.6) is 5.75 Å². The van der Waals surface area contributed by atoms with Crippen molar-refractivity contribution in [2.45, 2.75) is 44.6 Å². The molecule has 3 aromatic carbocycles. The number of ether oxygens (including phenoxy) is 1. The maximum absolute atomic E-state index is 12.6. The SMILES string of the molecule is COc1ccc(C(=C(CCNC(=O)NC2CCCCC2)c2ccccc2)c2ccccc2)cc1. The highest BCUT2D eigenvalue weighted by Crippen LogP contribution is 2.35. The van der Waals surface area contributed by atoms with Gasteiger partial charge in [0, 0.05) is 12.6 Å². The lowest BCUT2D eigenvalue weighted by atomic mass is 9.88. The number of carbonyl (C=O) groups is 1. The van der Waals surface area contributed by atoms with E-state index in [0.717, 1.165) is 41.7 Å². The minimum Gasteiger partial charge on any atom is -0.497 e. The number of nitrogens with one attached hydrogen (secondary N) is 2. The zero-order chi connectivity index (χ0) is 23.6. The predicted molar refractivity (Wildman–Crippen MR) is 140 cm³/mol. The molecule has 0 bridgehead atoms. The number of hydrogen-bond donors (Lipinski definition) is 2. The number of methoxy groups -OCH3 is 1. The molecule has 1 fully saturated rings. The Hall–Kier alpha value is -3.53. The second-order valence-electron chi connectivity index (χ2n) is 8.80. The van der Waals surface area contributed by atoms with Crippen LogP contribution in [-0.2, 0) is 0 Å². The summed E-state index contributed by atoms with van der Waals surface area (Å²) in [5, 5.41) is 6.26. The largest absolute Gasteiger partial charge is 0.497 e. The highest BCUT2D eigenvalue weighted by atomic mass is 16.5. The molecule has 0 aliphatic heterocycles. The molecule has 2 amide bonds. The second-order valence-corrected chi connectivity index (χ2v) is 8.80. The standard InChI is InChI=1S/C30H34N2O2/c1-34-27-19-17-25(18-20-27)29(24-13-7-3-8-14-24)28(23-11-5-2-6-12-23)21-22-31-30(33)32-26-15-9-4-10-16-26/h2-3,5-8,11-14,17-20,26H,4,9-10,15-16,21-22H2,1H3,(H2,31,32,33).